The summed E-state index contributed by atoms with van der Waals surface area (Å²) in [4.78, 5) is -0.0535. The van der Waals surface area contributed by atoms with Crippen molar-refractivity contribution in [3.05, 3.63) is 29.3 Å². The first-order valence-electron chi connectivity index (χ1n) is 5.73. The summed E-state index contributed by atoms with van der Waals surface area (Å²) in [5.41, 5.74) is 1.50. The van der Waals surface area contributed by atoms with Gasteiger partial charge in [-0.05, 0) is 18.6 Å². The van der Waals surface area contributed by atoms with E-state index in [1.807, 2.05) is 6.92 Å². The van der Waals surface area contributed by atoms with Crippen molar-refractivity contribution in [2.75, 3.05) is 19.8 Å². The summed E-state index contributed by atoms with van der Waals surface area (Å²) in [6.07, 6.45) is 0.248. The Kier molecular flexibility index (Phi) is 4.01. The molecule has 6 heteroatoms. The lowest BCUT2D eigenvalue weighted by Gasteiger charge is -2.23. The molecule has 5 nitrogen and oxygen atoms in total. The molecule has 0 radical (unpaired) electrons. The van der Waals surface area contributed by atoms with Crippen LogP contribution in [0.1, 0.15) is 11.1 Å². The molecule has 1 N–H and O–H groups in total. The summed E-state index contributed by atoms with van der Waals surface area (Å²) in [6, 6.07) is 4.83. The van der Waals surface area contributed by atoms with Gasteiger partial charge in [-0.2, -0.15) is 8.42 Å². The van der Waals surface area contributed by atoms with Gasteiger partial charge in [0, 0.05) is 6.42 Å². The molecule has 0 amide bonds. The molecular formula is C12H16O5S. The van der Waals surface area contributed by atoms with E-state index in [2.05, 4.69) is 0 Å². The zero-order chi connectivity index (χ0) is 13.2. The molecule has 0 unspecified atom stereocenters. The van der Waals surface area contributed by atoms with Crippen LogP contribution in [0.3, 0.4) is 0 Å². The predicted octanol–water partition coefficient (Wildman–Crippen LogP) is 1.20. The number of ether oxygens (including phenoxy) is 2. The standard InChI is InChI=1S/C12H16O5S/c1-9-2-3-12(18(13,14)15)10(6-9)7-11-8-16-4-5-17-11/h2-3,6,11H,4-5,7-8H2,1H3,(H,13,14,15)/t11-/m0/s1. The summed E-state index contributed by atoms with van der Waals surface area (Å²) in [6.45, 7) is 3.39. The maximum absolute atomic E-state index is 11.3. The lowest BCUT2D eigenvalue weighted by atomic mass is 10.1. The third-order valence-corrected chi connectivity index (χ3v) is 3.78. The Morgan fingerprint density at radius 3 is 2.78 bits per heavy atom. The second kappa shape index (κ2) is 5.36. The van der Waals surface area contributed by atoms with Crippen molar-refractivity contribution in [1.29, 1.82) is 0 Å². The van der Waals surface area contributed by atoms with Gasteiger partial charge < -0.3 is 9.47 Å². The van der Waals surface area contributed by atoms with Gasteiger partial charge in [0.05, 0.1) is 30.8 Å². The highest BCUT2D eigenvalue weighted by atomic mass is 32.2. The third kappa shape index (κ3) is 3.29. The van der Waals surface area contributed by atoms with E-state index in [0.717, 1.165) is 5.56 Å². The topological polar surface area (TPSA) is 72.8 Å². The summed E-state index contributed by atoms with van der Waals surface area (Å²) in [5, 5.41) is 0. The van der Waals surface area contributed by atoms with Crippen LogP contribution in [0, 0.1) is 6.92 Å². The van der Waals surface area contributed by atoms with E-state index in [4.69, 9.17) is 9.47 Å². The number of hydrogen-bond donors (Lipinski definition) is 1. The Hall–Kier alpha value is -0.950. The monoisotopic (exact) mass is 272 g/mol. The molecular weight excluding hydrogens is 256 g/mol. The van der Waals surface area contributed by atoms with Gasteiger partial charge >= 0.3 is 0 Å². The molecule has 0 spiro atoms. The predicted molar refractivity (Wildman–Crippen MR) is 65.3 cm³/mol. The summed E-state index contributed by atoms with van der Waals surface area (Å²) in [7, 11) is -4.20. The van der Waals surface area contributed by atoms with Gasteiger partial charge in [-0.15, -0.1) is 0 Å². The van der Waals surface area contributed by atoms with Crippen LogP contribution < -0.4 is 0 Å². The van der Waals surface area contributed by atoms with Crippen LogP contribution in [0.15, 0.2) is 23.1 Å². The Labute approximate surface area is 106 Å². The first kappa shape index (κ1) is 13.5. The Morgan fingerprint density at radius 1 is 1.39 bits per heavy atom. The van der Waals surface area contributed by atoms with Gasteiger partial charge in [0.2, 0.25) is 0 Å². The minimum Gasteiger partial charge on any atom is -0.376 e. The molecule has 1 aromatic carbocycles. The van der Waals surface area contributed by atoms with Crippen molar-refractivity contribution >= 4 is 10.1 Å². The van der Waals surface area contributed by atoms with Crippen LogP contribution in [0.2, 0.25) is 0 Å². The maximum atomic E-state index is 11.3. The number of aryl methyl sites for hydroxylation is 1. The van der Waals surface area contributed by atoms with Gasteiger partial charge in [0.1, 0.15) is 0 Å². The van der Waals surface area contributed by atoms with Gasteiger partial charge in [-0.1, -0.05) is 17.7 Å². The number of rotatable bonds is 3. The zero-order valence-electron chi connectivity index (χ0n) is 10.1. The summed E-state index contributed by atoms with van der Waals surface area (Å²) in [5.74, 6) is 0. The van der Waals surface area contributed by atoms with E-state index in [1.165, 1.54) is 6.07 Å². The number of benzene rings is 1. The van der Waals surface area contributed by atoms with E-state index >= 15 is 0 Å². The van der Waals surface area contributed by atoms with Crippen molar-refractivity contribution in [1.82, 2.24) is 0 Å². The van der Waals surface area contributed by atoms with E-state index in [0.29, 0.717) is 31.8 Å². The molecule has 100 valence electrons. The summed E-state index contributed by atoms with van der Waals surface area (Å²) < 4.78 is 42.5. The average molecular weight is 272 g/mol. The Morgan fingerprint density at radius 2 is 2.17 bits per heavy atom. The molecule has 2 rings (SSSR count). The van der Waals surface area contributed by atoms with Gasteiger partial charge in [-0.3, -0.25) is 4.55 Å². The average Bonchev–Trinajstić information content (AvgIpc) is 2.28. The molecule has 1 aliphatic heterocycles. The minimum absolute atomic E-state index is 0.0535. The lowest BCUT2D eigenvalue weighted by Crippen LogP contribution is -2.30. The maximum Gasteiger partial charge on any atom is 0.294 e. The van der Waals surface area contributed by atoms with Crippen molar-refractivity contribution in [3.63, 3.8) is 0 Å². The van der Waals surface area contributed by atoms with E-state index in [9.17, 15) is 13.0 Å². The second-order valence-corrected chi connectivity index (χ2v) is 5.75. The third-order valence-electron chi connectivity index (χ3n) is 2.83. The van der Waals surface area contributed by atoms with Crippen LogP contribution in [0.25, 0.3) is 0 Å². The second-order valence-electron chi connectivity index (χ2n) is 4.36. The molecule has 1 saturated heterocycles. The fourth-order valence-electron chi connectivity index (χ4n) is 2.02. The molecule has 18 heavy (non-hydrogen) atoms. The Balaban J connectivity index is 2.27. The van der Waals surface area contributed by atoms with E-state index in [-0.39, 0.29) is 11.0 Å². The van der Waals surface area contributed by atoms with Gasteiger partial charge in [0.25, 0.3) is 10.1 Å². The lowest BCUT2D eigenvalue weighted by molar-refractivity contribution is -0.0874. The van der Waals surface area contributed by atoms with E-state index in [1.54, 1.807) is 12.1 Å². The SMILES string of the molecule is Cc1ccc(S(=O)(=O)O)c(C[C@H]2COCCO2)c1. The number of hydrogen-bond acceptors (Lipinski definition) is 4. The van der Waals surface area contributed by atoms with Crippen LogP contribution in [0.5, 0.6) is 0 Å². The van der Waals surface area contributed by atoms with Crippen molar-refractivity contribution in [2.45, 2.75) is 24.3 Å². The largest absolute Gasteiger partial charge is 0.376 e. The van der Waals surface area contributed by atoms with Gasteiger partial charge in [0.15, 0.2) is 0 Å². The van der Waals surface area contributed by atoms with Crippen LogP contribution in [-0.2, 0) is 26.0 Å². The first-order valence-corrected chi connectivity index (χ1v) is 7.17. The normalized spacial score (nSPS) is 20.9. The molecule has 1 aromatic rings. The van der Waals surface area contributed by atoms with Crippen LogP contribution in [0.4, 0.5) is 0 Å². The molecule has 1 atom stereocenters. The molecule has 0 saturated carbocycles. The van der Waals surface area contributed by atoms with Crippen LogP contribution in [-0.4, -0.2) is 38.9 Å². The van der Waals surface area contributed by atoms with E-state index < -0.39 is 10.1 Å². The quantitative estimate of drug-likeness (QED) is 0.837. The Bertz CT molecular complexity index is 517. The summed E-state index contributed by atoms with van der Waals surface area (Å²) >= 11 is 0. The smallest absolute Gasteiger partial charge is 0.294 e. The fraction of sp³-hybridized carbons (Fsp3) is 0.500. The van der Waals surface area contributed by atoms with Crippen molar-refractivity contribution < 1.29 is 22.4 Å². The zero-order valence-corrected chi connectivity index (χ0v) is 10.9. The van der Waals surface area contributed by atoms with Crippen molar-refractivity contribution in [2.24, 2.45) is 0 Å². The highest BCUT2D eigenvalue weighted by Gasteiger charge is 2.21. The highest BCUT2D eigenvalue weighted by Crippen LogP contribution is 2.20. The molecule has 1 heterocycles. The van der Waals surface area contributed by atoms with Gasteiger partial charge in [-0.25, -0.2) is 0 Å². The molecule has 1 fully saturated rings. The molecule has 0 bridgehead atoms. The van der Waals surface area contributed by atoms with Crippen LogP contribution >= 0.6 is 0 Å². The minimum atomic E-state index is -4.20. The fourth-order valence-corrected chi connectivity index (χ4v) is 2.73. The molecule has 1 aliphatic rings. The van der Waals surface area contributed by atoms with Crippen molar-refractivity contribution in [3.8, 4) is 0 Å². The molecule has 0 aliphatic carbocycles. The highest BCUT2D eigenvalue weighted by molar-refractivity contribution is 7.85. The molecule has 0 aromatic heterocycles. The first-order chi connectivity index (χ1) is 8.47.